The molecule has 4 heteroatoms. The van der Waals surface area contributed by atoms with Gasteiger partial charge < -0.3 is 10.2 Å². The maximum atomic E-state index is 13.4. The van der Waals surface area contributed by atoms with E-state index in [1.807, 2.05) is 43.0 Å². The minimum Gasteiger partial charge on any atom is -0.339 e. The van der Waals surface area contributed by atoms with Gasteiger partial charge in [0.1, 0.15) is 5.82 Å². The molecule has 0 aromatic heterocycles. The van der Waals surface area contributed by atoms with Gasteiger partial charge in [0.25, 0.3) is 5.91 Å². The zero-order valence-corrected chi connectivity index (χ0v) is 16.2. The van der Waals surface area contributed by atoms with Crippen molar-refractivity contribution in [2.24, 2.45) is 5.92 Å². The Balaban J connectivity index is 1.90. The van der Waals surface area contributed by atoms with Gasteiger partial charge in [-0.25, -0.2) is 4.39 Å². The van der Waals surface area contributed by atoms with E-state index in [0.717, 1.165) is 37.1 Å². The Labute approximate surface area is 161 Å². The molecule has 1 heterocycles. The number of halogens is 1. The lowest BCUT2D eigenvalue weighted by molar-refractivity contribution is 0.0773. The molecule has 1 N–H and O–H groups in total. The predicted octanol–water partition coefficient (Wildman–Crippen LogP) is 4.44. The molecule has 0 bridgehead atoms. The van der Waals surface area contributed by atoms with Crippen LogP contribution in [0.4, 0.5) is 4.39 Å². The van der Waals surface area contributed by atoms with Crippen LogP contribution in [0.2, 0.25) is 0 Å². The Morgan fingerprint density at radius 1 is 1.00 bits per heavy atom. The number of benzene rings is 2. The van der Waals surface area contributed by atoms with Crippen molar-refractivity contribution < 1.29 is 9.18 Å². The van der Waals surface area contributed by atoms with Gasteiger partial charge in [0.2, 0.25) is 0 Å². The van der Waals surface area contributed by atoms with Crippen LogP contribution in [-0.4, -0.2) is 37.0 Å². The highest BCUT2D eigenvalue weighted by molar-refractivity contribution is 5.94. The van der Waals surface area contributed by atoms with Crippen molar-refractivity contribution in [3.05, 3.63) is 71.0 Å². The summed E-state index contributed by atoms with van der Waals surface area (Å²) in [6.07, 6.45) is 2.20. The molecule has 0 aliphatic carbocycles. The molecule has 1 unspecified atom stereocenters. The first kappa shape index (κ1) is 19.6. The normalized spacial score (nSPS) is 16.1. The summed E-state index contributed by atoms with van der Waals surface area (Å²) in [5, 5.41) is 3.42. The second kappa shape index (κ2) is 9.14. The number of carbonyl (C=O) groups is 1. The second-order valence-corrected chi connectivity index (χ2v) is 7.22. The highest BCUT2D eigenvalue weighted by atomic mass is 19.1. The molecule has 0 radical (unpaired) electrons. The summed E-state index contributed by atoms with van der Waals surface area (Å²) in [6, 6.07) is 14.9. The average molecular weight is 368 g/mol. The van der Waals surface area contributed by atoms with Crippen LogP contribution in [0.5, 0.6) is 0 Å². The van der Waals surface area contributed by atoms with Crippen LogP contribution in [0.1, 0.15) is 54.1 Å². The number of nitrogens with one attached hydrogen (secondary N) is 1. The quantitative estimate of drug-likeness (QED) is 0.818. The SMILES string of the molecule is CCN(CC)C(=O)c1ccc(C(c2ccc(F)cc2)C2CCNCC2)cc1. The number of rotatable bonds is 6. The number of carbonyl (C=O) groups excluding carboxylic acids is 1. The molecule has 144 valence electrons. The fraction of sp³-hybridized carbons (Fsp3) is 0.435. The van der Waals surface area contributed by atoms with Gasteiger partial charge >= 0.3 is 0 Å². The Kier molecular flexibility index (Phi) is 6.62. The van der Waals surface area contributed by atoms with Crippen LogP contribution in [0.15, 0.2) is 48.5 Å². The van der Waals surface area contributed by atoms with E-state index in [0.29, 0.717) is 19.0 Å². The topological polar surface area (TPSA) is 32.3 Å². The zero-order chi connectivity index (χ0) is 19.2. The van der Waals surface area contributed by atoms with E-state index in [1.54, 1.807) is 12.1 Å². The molecule has 27 heavy (non-hydrogen) atoms. The Bertz CT molecular complexity index is 732. The van der Waals surface area contributed by atoms with Crippen LogP contribution >= 0.6 is 0 Å². The molecule has 1 aliphatic rings. The molecule has 2 aromatic rings. The summed E-state index contributed by atoms with van der Waals surface area (Å²) < 4.78 is 13.4. The van der Waals surface area contributed by atoms with Crippen molar-refractivity contribution >= 4 is 5.91 Å². The van der Waals surface area contributed by atoms with E-state index in [4.69, 9.17) is 0 Å². The van der Waals surface area contributed by atoms with Gasteiger partial charge in [0.15, 0.2) is 0 Å². The molecule has 3 rings (SSSR count). The molecule has 1 saturated heterocycles. The minimum absolute atomic E-state index is 0.0757. The van der Waals surface area contributed by atoms with Gasteiger partial charge in [-0.05, 0) is 81.1 Å². The fourth-order valence-corrected chi connectivity index (χ4v) is 4.11. The van der Waals surface area contributed by atoms with Crippen LogP contribution in [-0.2, 0) is 0 Å². The Morgan fingerprint density at radius 2 is 1.52 bits per heavy atom. The fourth-order valence-electron chi connectivity index (χ4n) is 4.11. The number of hydrogen-bond acceptors (Lipinski definition) is 2. The predicted molar refractivity (Wildman–Crippen MR) is 108 cm³/mol. The Hall–Kier alpha value is -2.20. The Morgan fingerprint density at radius 3 is 2.04 bits per heavy atom. The van der Waals surface area contributed by atoms with Gasteiger partial charge in [0.05, 0.1) is 0 Å². The highest BCUT2D eigenvalue weighted by Crippen LogP contribution is 2.37. The van der Waals surface area contributed by atoms with Crippen molar-refractivity contribution in [1.82, 2.24) is 10.2 Å². The van der Waals surface area contributed by atoms with E-state index >= 15 is 0 Å². The van der Waals surface area contributed by atoms with Crippen molar-refractivity contribution in [2.75, 3.05) is 26.2 Å². The average Bonchev–Trinajstić information content (AvgIpc) is 2.72. The number of nitrogens with zero attached hydrogens (tertiary/aromatic N) is 1. The lowest BCUT2D eigenvalue weighted by Gasteiger charge is -2.31. The lowest BCUT2D eigenvalue weighted by atomic mass is 9.76. The van der Waals surface area contributed by atoms with E-state index in [-0.39, 0.29) is 17.6 Å². The van der Waals surface area contributed by atoms with Gasteiger partial charge in [-0.1, -0.05) is 24.3 Å². The molecule has 0 spiro atoms. The largest absolute Gasteiger partial charge is 0.339 e. The lowest BCUT2D eigenvalue weighted by Crippen LogP contribution is -2.31. The van der Waals surface area contributed by atoms with E-state index in [9.17, 15) is 9.18 Å². The molecular formula is C23H29FN2O. The standard InChI is InChI=1S/C23H29FN2O/c1-3-26(4-2)23(27)20-7-5-17(6-8-20)22(19-13-15-25-16-14-19)18-9-11-21(24)12-10-18/h5-12,19,22,25H,3-4,13-16H2,1-2H3. The first-order valence-electron chi connectivity index (χ1n) is 9.99. The first-order chi connectivity index (χ1) is 13.1. The van der Waals surface area contributed by atoms with E-state index in [2.05, 4.69) is 17.4 Å². The number of hydrogen-bond donors (Lipinski definition) is 1. The van der Waals surface area contributed by atoms with Gasteiger partial charge in [-0.15, -0.1) is 0 Å². The molecule has 1 amide bonds. The maximum Gasteiger partial charge on any atom is 0.253 e. The minimum atomic E-state index is -0.206. The molecular weight excluding hydrogens is 339 g/mol. The van der Waals surface area contributed by atoms with E-state index < -0.39 is 0 Å². The summed E-state index contributed by atoms with van der Waals surface area (Å²) in [6.45, 7) is 7.45. The highest BCUT2D eigenvalue weighted by Gasteiger charge is 2.27. The number of piperidine rings is 1. The first-order valence-corrected chi connectivity index (χ1v) is 9.99. The third kappa shape index (κ3) is 4.56. The van der Waals surface area contributed by atoms with Crippen molar-refractivity contribution in [1.29, 1.82) is 0 Å². The third-order valence-corrected chi connectivity index (χ3v) is 5.65. The summed E-state index contributed by atoms with van der Waals surface area (Å²) in [4.78, 5) is 14.4. The zero-order valence-electron chi connectivity index (χ0n) is 16.2. The molecule has 1 aliphatic heterocycles. The van der Waals surface area contributed by atoms with Crippen LogP contribution in [0.3, 0.4) is 0 Å². The van der Waals surface area contributed by atoms with Crippen LogP contribution in [0, 0.1) is 11.7 Å². The third-order valence-electron chi connectivity index (χ3n) is 5.65. The van der Waals surface area contributed by atoms with Crippen molar-refractivity contribution in [2.45, 2.75) is 32.6 Å². The van der Waals surface area contributed by atoms with Gasteiger partial charge in [-0.3, -0.25) is 4.79 Å². The molecule has 3 nitrogen and oxygen atoms in total. The van der Waals surface area contributed by atoms with Gasteiger partial charge in [-0.2, -0.15) is 0 Å². The molecule has 2 aromatic carbocycles. The monoisotopic (exact) mass is 368 g/mol. The maximum absolute atomic E-state index is 13.4. The van der Waals surface area contributed by atoms with E-state index in [1.165, 1.54) is 5.56 Å². The molecule has 1 fully saturated rings. The van der Waals surface area contributed by atoms with Crippen LogP contribution < -0.4 is 5.32 Å². The summed E-state index contributed by atoms with van der Waals surface area (Å²) >= 11 is 0. The second-order valence-electron chi connectivity index (χ2n) is 7.22. The van der Waals surface area contributed by atoms with Gasteiger partial charge in [0, 0.05) is 24.6 Å². The van der Waals surface area contributed by atoms with Crippen molar-refractivity contribution in [3.63, 3.8) is 0 Å². The molecule has 1 atom stereocenters. The summed E-state index contributed by atoms with van der Waals surface area (Å²) in [7, 11) is 0. The number of amides is 1. The van der Waals surface area contributed by atoms with Crippen molar-refractivity contribution in [3.8, 4) is 0 Å². The summed E-state index contributed by atoms with van der Waals surface area (Å²) in [5.74, 6) is 0.612. The molecule has 0 saturated carbocycles. The summed E-state index contributed by atoms with van der Waals surface area (Å²) in [5.41, 5.74) is 3.07. The smallest absolute Gasteiger partial charge is 0.253 e. The van der Waals surface area contributed by atoms with Crippen LogP contribution in [0.25, 0.3) is 0 Å².